The number of pyridine rings is 1. The van der Waals surface area contributed by atoms with E-state index < -0.39 is 0 Å². The third-order valence-electron chi connectivity index (χ3n) is 5.11. The highest BCUT2D eigenvalue weighted by Gasteiger charge is 2.22. The van der Waals surface area contributed by atoms with Gasteiger partial charge in [0.1, 0.15) is 18.1 Å². The standard InChI is InChI=1S/C20H17N4S/c1-12-13(2)16(10-14-6-4-5-7-15(12)14)18-19-17(8-9-23(18)3)24-11-21-22-20(24)25-19/h4-11H,1-3H3/q+1. The van der Waals surface area contributed by atoms with Gasteiger partial charge in [-0.15, -0.1) is 10.2 Å². The molecule has 25 heavy (non-hydrogen) atoms. The van der Waals surface area contributed by atoms with E-state index in [9.17, 15) is 0 Å². The lowest BCUT2D eigenvalue weighted by molar-refractivity contribution is -0.659. The molecule has 0 radical (unpaired) electrons. The summed E-state index contributed by atoms with van der Waals surface area (Å²) in [6, 6.07) is 13.0. The molecule has 0 amide bonds. The molecule has 3 heterocycles. The van der Waals surface area contributed by atoms with Gasteiger partial charge in [0.25, 0.3) is 0 Å². The van der Waals surface area contributed by atoms with E-state index in [0.717, 1.165) is 10.5 Å². The molecule has 3 aromatic heterocycles. The SMILES string of the molecule is Cc1c(-c2c3sc4nncn4c3cc[n+]2C)cc2ccccc2c1C. The van der Waals surface area contributed by atoms with Gasteiger partial charge >= 0.3 is 0 Å². The zero-order chi connectivity index (χ0) is 17.1. The normalized spacial score (nSPS) is 11.8. The summed E-state index contributed by atoms with van der Waals surface area (Å²) in [5, 5.41) is 10.9. The molecule has 0 aliphatic rings. The summed E-state index contributed by atoms with van der Waals surface area (Å²) in [6.07, 6.45) is 3.91. The van der Waals surface area contributed by atoms with Crippen molar-refractivity contribution in [3.8, 4) is 11.3 Å². The van der Waals surface area contributed by atoms with Gasteiger partial charge in [0.15, 0.2) is 6.20 Å². The van der Waals surface area contributed by atoms with Crippen LogP contribution in [-0.2, 0) is 7.05 Å². The molecule has 5 rings (SSSR count). The number of fused-ring (bicyclic) bond motifs is 4. The number of rotatable bonds is 1. The van der Waals surface area contributed by atoms with Crippen LogP contribution in [-0.4, -0.2) is 14.6 Å². The Morgan fingerprint density at radius 3 is 2.80 bits per heavy atom. The number of hydrogen-bond donors (Lipinski definition) is 0. The average Bonchev–Trinajstić information content (AvgIpc) is 3.19. The molecule has 0 aliphatic carbocycles. The highest BCUT2D eigenvalue weighted by molar-refractivity contribution is 7.24. The van der Waals surface area contributed by atoms with Crippen LogP contribution in [0.4, 0.5) is 0 Å². The number of aromatic nitrogens is 4. The molecule has 5 aromatic rings. The van der Waals surface area contributed by atoms with Crippen LogP contribution >= 0.6 is 11.3 Å². The Bertz CT molecular complexity index is 1280. The molecule has 0 atom stereocenters. The molecule has 4 nitrogen and oxygen atoms in total. The third-order valence-corrected chi connectivity index (χ3v) is 6.18. The van der Waals surface area contributed by atoms with Gasteiger partial charge in [0.05, 0.1) is 11.1 Å². The Morgan fingerprint density at radius 1 is 1.08 bits per heavy atom. The smallest absolute Gasteiger partial charge is 0.232 e. The van der Waals surface area contributed by atoms with Gasteiger partial charge in [0.2, 0.25) is 10.7 Å². The zero-order valence-corrected chi connectivity index (χ0v) is 15.1. The Kier molecular flexibility index (Phi) is 2.97. The Morgan fingerprint density at radius 2 is 1.92 bits per heavy atom. The number of nitrogens with zero attached hydrogens (tertiary/aromatic N) is 4. The predicted molar refractivity (Wildman–Crippen MR) is 102 cm³/mol. The quantitative estimate of drug-likeness (QED) is 0.427. The van der Waals surface area contributed by atoms with Crippen molar-refractivity contribution in [2.24, 2.45) is 7.05 Å². The second kappa shape index (κ2) is 5.10. The largest absolute Gasteiger partial charge is 0.272 e. The fourth-order valence-electron chi connectivity index (χ4n) is 3.65. The van der Waals surface area contributed by atoms with Gasteiger partial charge < -0.3 is 0 Å². The van der Waals surface area contributed by atoms with Crippen LogP contribution in [0.5, 0.6) is 0 Å². The van der Waals surface area contributed by atoms with Crippen LogP contribution < -0.4 is 4.57 Å². The first-order valence-electron chi connectivity index (χ1n) is 8.25. The van der Waals surface area contributed by atoms with Gasteiger partial charge in [0, 0.05) is 6.07 Å². The maximum Gasteiger partial charge on any atom is 0.232 e. The number of hydrogen-bond acceptors (Lipinski definition) is 3. The highest BCUT2D eigenvalue weighted by Crippen LogP contribution is 2.36. The minimum absolute atomic E-state index is 0.928. The van der Waals surface area contributed by atoms with Crippen LogP contribution in [0.3, 0.4) is 0 Å². The summed E-state index contributed by atoms with van der Waals surface area (Å²) in [7, 11) is 2.11. The highest BCUT2D eigenvalue weighted by atomic mass is 32.1. The summed E-state index contributed by atoms with van der Waals surface area (Å²) in [6.45, 7) is 4.43. The van der Waals surface area contributed by atoms with Crippen molar-refractivity contribution in [1.29, 1.82) is 0 Å². The molecule has 0 aliphatic heterocycles. The van der Waals surface area contributed by atoms with Gasteiger partial charge in [-0.05, 0) is 41.8 Å². The van der Waals surface area contributed by atoms with Crippen molar-refractivity contribution >= 4 is 37.3 Å². The van der Waals surface area contributed by atoms with Crippen LogP contribution in [0.15, 0.2) is 48.9 Å². The second-order valence-corrected chi connectivity index (χ2v) is 7.45. The molecule has 0 saturated carbocycles. The zero-order valence-electron chi connectivity index (χ0n) is 14.3. The Labute approximate surface area is 149 Å². The maximum atomic E-state index is 4.23. The van der Waals surface area contributed by atoms with Gasteiger partial charge in [-0.1, -0.05) is 35.6 Å². The predicted octanol–water partition coefficient (Wildman–Crippen LogP) is 4.21. The molecular weight excluding hydrogens is 328 g/mol. The Hall–Kier alpha value is -2.79. The summed E-state index contributed by atoms with van der Waals surface area (Å²) in [5.41, 5.74) is 6.34. The molecule has 0 N–H and O–H groups in total. The van der Waals surface area contributed by atoms with Crippen LogP contribution in [0.2, 0.25) is 0 Å². The number of benzene rings is 2. The van der Waals surface area contributed by atoms with Crippen molar-refractivity contribution in [2.75, 3.05) is 0 Å². The van der Waals surface area contributed by atoms with Crippen molar-refractivity contribution in [3.63, 3.8) is 0 Å². The summed E-state index contributed by atoms with van der Waals surface area (Å²) >= 11 is 1.69. The van der Waals surface area contributed by atoms with Gasteiger partial charge in [-0.25, -0.2) is 0 Å². The van der Waals surface area contributed by atoms with E-state index in [4.69, 9.17) is 0 Å². The molecule has 0 unspecified atom stereocenters. The van der Waals surface area contributed by atoms with Gasteiger partial charge in [-0.2, -0.15) is 4.57 Å². The molecular formula is C20H17N4S+. The first-order chi connectivity index (χ1) is 12.1. The number of thiazole rings is 1. The monoisotopic (exact) mass is 345 g/mol. The Balaban J connectivity index is 1.94. The molecule has 0 bridgehead atoms. The first kappa shape index (κ1) is 14.5. The van der Waals surface area contributed by atoms with E-state index in [-0.39, 0.29) is 0 Å². The fraction of sp³-hybridized carbons (Fsp3) is 0.150. The second-order valence-electron chi connectivity index (χ2n) is 6.47. The summed E-state index contributed by atoms with van der Waals surface area (Å²) in [4.78, 5) is 0.928. The maximum absolute atomic E-state index is 4.23. The summed E-state index contributed by atoms with van der Waals surface area (Å²) in [5.74, 6) is 0. The van der Waals surface area contributed by atoms with E-state index in [1.54, 1.807) is 17.7 Å². The minimum Gasteiger partial charge on any atom is -0.272 e. The minimum atomic E-state index is 0.928. The topological polar surface area (TPSA) is 34.1 Å². The molecule has 0 fully saturated rings. The molecule has 5 heteroatoms. The van der Waals surface area contributed by atoms with Crippen molar-refractivity contribution in [3.05, 3.63) is 60.0 Å². The lowest BCUT2D eigenvalue weighted by Crippen LogP contribution is -2.30. The molecule has 2 aromatic carbocycles. The van der Waals surface area contributed by atoms with E-state index in [1.807, 2.05) is 0 Å². The van der Waals surface area contributed by atoms with Crippen LogP contribution in [0.25, 0.3) is 37.2 Å². The molecule has 0 spiro atoms. The van der Waals surface area contributed by atoms with Gasteiger partial charge in [-0.3, -0.25) is 4.40 Å². The average molecular weight is 345 g/mol. The molecule has 122 valence electrons. The van der Waals surface area contributed by atoms with Crippen molar-refractivity contribution < 1.29 is 4.57 Å². The third kappa shape index (κ3) is 1.96. The lowest BCUT2D eigenvalue weighted by Gasteiger charge is -2.11. The summed E-state index contributed by atoms with van der Waals surface area (Å²) < 4.78 is 5.52. The van der Waals surface area contributed by atoms with Crippen LogP contribution in [0.1, 0.15) is 11.1 Å². The van der Waals surface area contributed by atoms with E-state index in [0.29, 0.717) is 0 Å². The van der Waals surface area contributed by atoms with E-state index in [1.165, 1.54) is 37.9 Å². The molecule has 0 saturated heterocycles. The van der Waals surface area contributed by atoms with Crippen molar-refractivity contribution in [1.82, 2.24) is 14.6 Å². The lowest BCUT2D eigenvalue weighted by atomic mass is 9.94. The van der Waals surface area contributed by atoms with Crippen molar-refractivity contribution in [2.45, 2.75) is 13.8 Å². The number of aryl methyl sites for hydroxylation is 2. The van der Waals surface area contributed by atoms with E-state index >= 15 is 0 Å². The fourth-order valence-corrected chi connectivity index (χ4v) is 4.78. The first-order valence-corrected chi connectivity index (χ1v) is 9.07. The van der Waals surface area contributed by atoms with E-state index in [2.05, 4.69) is 82.7 Å². The van der Waals surface area contributed by atoms with Crippen LogP contribution in [0, 0.1) is 13.8 Å².